The van der Waals surface area contributed by atoms with Crippen LogP contribution >= 0.6 is 11.6 Å². The zero-order chi connectivity index (χ0) is 8.27. The summed E-state index contributed by atoms with van der Waals surface area (Å²) in [5.41, 5.74) is 0.915. The lowest BCUT2D eigenvalue weighted by molar-refractivity contribution is 1.04. The highest BCUT2D eigenvalue weighted by atomic mass is 35.5. The fourth-order valence-corrected chi connectivity index (χ4v) is 0.939. The summed E-state index contributed by atoms with van der Waals surface area (Å²) in [6.45, 7) is 0. The highest BCUT2D eigenvalue weighted by Crippen LogP contribution is 2.08. The Bertz CT molecular complexity index is 235. The molecular formula is C8H11ClN2. The predicted octanol–water partition coefficient (Wildman–Crippen LogP) is 1.89. The molecule has 0 aliphatic heterocycles. The van der Waals surface area contributed by atoms with Crippen molar-refractivity contribution in [2.45, 2.75) is 5.88 Å². The minimum absolute atomic E-state index is 0.474. The first-order valence-corrected chi connectivity index (χ1v) is 3.96. The van der Waals surface area contributed by atoms with Gasteiger partial charge in [-0.3, -0.25) is 0 Å². The molecule has 0 saturated heterocycles. The van der Waals surface area contributed by atoms with E-state index in [4.69, 9.17) is 11.6 Å². The fourth-order valence-electron chi connectivity index (χ4n) is 0.790. The van der Waals surface area contributed by atoms with E-state index in [0.29, 0.717) is 5.88 Å². The Morgan fingerprint density at radius 3 is 2.73 bits per heavy atom. The van der Waals surface area contributed by atoms with Gasteiger partial charge in [0.25, 0.3) is 0 Å². The van der Waals surface area contributed by atoms with Gasteiger partial charge in [0.1, 0.15) is 5.82 Å². The average molecular weight is 171 g/mol. The molecule has 3 heteroatoms. The van der Waals surface area contributed by atoms with Gasteiger partial charge in [-0.05, 0) is 12.1 Å². The highest BCUT2D eigenvalue weighted by molar-refractivity contribution is 6.16. The molecule has 1 rings (SSSR count). The number of anilines is 1. The first-order valence-electron chi connectivity index (χ1n) is 3.43. The average Bonchev–Trinajstić information content (AvgIpc) is 2.05. The van der Waals surface area contributed by atoms with Crippen LogP contribution in [0.2, 0.25) is 0 Å². The first kappa shape index (κ1) is 8.34. The summed E-state index contributed by atoms with van der Waals surface area (Å²) in [5, 5.41) is 0. The van der Waals surface area contributed by atoms with E-state index < -0.39 is 0 Å². The van der Waals surface area contributed by atoms with E-state index >= 15 is 0 Å². The molecule has 0 saturated carbocycles. The van der Waals surface area contributed by atoms with Crippen LogP contribution in [0.25, 0.3) is 0 Å². The van der Waals surface area contributed by atoms with E-state index in [1.165, 1.54) is 0 Å². The zero-order valence-corrected chi connectivity index (χ0v) is 7.47. The number of pyridine rings is 1. The third-order valence-corrected chi connectivity index (χ3v) is 1.66. The standard InChI is InChI=1S/C8H11ClN2/c1-11(2)8-5-3-4-7(6-9)10-8/h3-5H,6H2,1-2H3. The summed E-state index contributed by atoms with van der Waals surface area (Å²) in [5.74, 6) is 1.42. The first-order chi connectivity index (χ1) is 5.24. The minimum Gasteiger partial charge on any atom is -0.363 e. The van der Waals surface area contributed by atoms with Crippen LogP contribution in [0.3, 0.4) is 0 Å². The van der Waals surface area contributed by atoms with E-state index in [1.54, 1.807) is 0 Å². The molecule has 1 aromatic rings. The summed E-state index contributed by atoms with van der Waals surface area (Å²) in [6.07, 6.45) is 0. The summed E-state index contributed by atoms with van der Waals surface area (Å²) in [6, 6.07) is 5.83. The van der Waals surface area contributed by atoms with Crippen LogP contribution in [0, 0.1) is 0 Å². The zero-order valence-electron chi connectivity index (χ0n) is 6.71. The lowest BCUT2D eigenvalue weighted by Gasteiger charge is -2.10. The summed E-state index contributed by atoms with van der Waals surface area (Å²) in [7, 11) is 3.92. The Hall–Kier alpha value is -0.760. The Kier molecular flexibility index (Phi) is 2.71. The van der Waals surface area contributed by atoms with Crippen molar-refractivity contribution in [3.63, 3.8) is 0 Å². The Morgan fingerprint density at radius 1 is 1.45 bits per heavy atom. The van der Waals surface area contributed by atoms with Gasteiger partial charge in [-0.25, -0.2) is 4.98 Å². The van der Waals surface area contributed by atoms with Gasteiger partial charge in [-0.1, -0.05) is 6.07 Å². The van der Waals surface area contributed by atoms with Gasteiger partial charge in [-0.15, -0.1) is 11.6 Å². The van der Waals surface area contributed by atoms with Gasteiger partial charge in [0.05, 0.1) is 11.6 Å². The molecule has 2 nitrogen and oxygen atoms in total. The molecule has 0 aliphatic rings. The van der Waals surface area contributed by atoms with E-state index in [-0.39, 0.29) is 0 Å². The summed E-state index contributed by atoms with van der Waals surface area (Å²) < 4.78 is 0. The van der Waals surface area contributed by atoms with Crippen molar-refractivity contribution in [1.29, 1.82) is 0 Å². The van der Waals surface area contributed by atoms with E-state index in [9.17, 15) is 0 Å². The smallest absolute Gasteiger partial charge is 0.128 e. The number of rotatable bonds is 2. The molecule has 0 bridgehead atoms. The quantitative estimate of drug-likeness (QED) is 0.631. The van der Waals surface area contributed by atoms with Crippen molar-refractivity contribution in [2.24, 2.45) is 0 Å². The molecule has 1 heterocycles. The number of alkyl halides is 1. The third kappa shape index (κ3) is 2.09. The van der Waals surface area contributed by atoms with E-state index in [2.05, 4.69) is 4.98 Å². The molecule has 0 radical (unpaired) electrons. The van der Waals surface area contributed by atoms with Gasteiger partial charge in [0.15, 0.2) is 0 Å². The Morgan fingerprint density at radius 2 is 2.18 bits per heavy atom. The molecule has 0 fully saturated rings. The number of halogens is 1. The van der Waals surface area contributed by atoms with Crippen molar-refractivity contribution in [3.05, 3.63) is 23.9 Å². The third-order valence-electron chi connectivity index (χ3n) is 1.39. The summed E-state index contributed by atoms with van der Waals surface area (Å²) >= 11 is 5.62. The molecule has 0 N–H and O–H groups in total. The van der Waals surface area contributed by atoms with E-state index in [1.807, 2.05) is 37.2 Å². The van der Waals surface area contributed by atoms with Crippen LogP contribution < -0.4 is 4.90 Å². The lowest BCUT2D eigenvalue weighted by Crippen LogP contribution is -2.10. The van der Waals surface area contributed by atoms with Gasteiger partial charge < -0.3 is 4.90 Å². The second-order valence-electron chi connectivity index (χ2n) is 2.52. The van der Waals surface area contributed by atoms with Gasteiger partial charge in [0.2, 0.25) is 0 Å². The van der Waals surface area contributed by atoms with Gasteiger partial charge in [0, 0.05) is 14.1 Å². The molecule has 11 heavy (non-hydrogen) atoms. The molecule has 0 atom stereocenters. The Labute approximate surface area is 71.8 Å². The second-order valence-corrected chi connectivity index (χ2v) is 2.78. The van der Waals surface area contributed by atoms with Gasteiger partial charge >= 0.3 is 0 Å². The number of hydrogen-bond donors (Lipinski definition) is 0. The number of hydrogen-bond acceptors (Lipinski definition) is 2. The van der Waals surface area contributed by atoms with Crippen molar-refractivity contribution >= 4 is 17.4 Å². The SMILES string of the molecule is CN(C)c1cccc(CCl)n1. The van der Waals surface area contributed by atoms with E-state index in [0.717, 1.165) is 11.5 Å². The molecular weight excluding hydrogens is 160 g/mol. The van der Waals surface area contributed by atoms with Crippen molar-refractivity contribution in [2.75, 3.05) is 19.0 Å². The van der Waals surface area contributed by atoms with Crippen molar-refractivity contribution in [3.8, 4) is 0 Å². The molecule has 0 unspecified atom stereocenters. The molecule has 1 aromatic heterocycles. The van der Waals surface area contributed by atoms with Crippen LogP contribution in [-0.4, -0.2) is 19.1 Å². The maximum Gasteiger partial charge on any atom is 0.128 e. The highest BCUT2D eigenvalue weighted by Gasteiger charge is 1.96. The normalized spacial score (nSPS) is 9.73. The lowest BCUT2D eigenvalue weighted by atomic mass is 10.3. The van der Waals surface area contributed by atoms with Crippen LogP contribution in [0.15, 0.2) is 18.2 Å². The van der Waals surface area contributed by atoms with Crippen LogP contribution in [-0.2, 0) is 5.88 Å². The number of aromatic nitrogens is 1. The monoisotopic (exact) mass is 170 g/mol. The molecule has 0 amide bonds. The maximum atomic E-state index is 5.62. The van der Waals surface area contributed by atoms with Crippen molar-refractivity contribution < 1.29 is 0 Å². The van der Waals surface area contributed by atoms with Crippen LogP contribution in [0.4, 0.5) is 5.82 Å². The molecule has 0 aliphatic carbocycles. The molecule has 0 aromatic carbocycles. The largest absolute Gasteiger partial charge is 0.363 e. The predicted molar refractivity (Wildman–Crippen MR) is 48.1 cm³/mol. The van der Waals surface area contributed by atoms with Gasteiger partial charge in [-0.2, -0.15) is 0 Å². The molecule has 0 spiro atoms. The second kappa shape index (κ2) is 3.58. The Balaban J connectivity index is 2.91. The van der Waals surface area contributed by atoms with Crippen molar-refractivity contribution in [1.82, 2.24) is 4.98 Å². The topological polar surface area (TPSA) is 16.1 Å². The number of nitrogens with zero attached hydrogens (tertiary/aromatic N) is 2. The summed E-state index contributed by atoms with van der Waals surface area (Å²) in [4.78, 5) is 6.24. The van der Waals surface area contributed by atoms with Crippen LogP contribution in [0.5, 0.6) is 0 Å². The fraction of sp³-hybridized carbons (Fsp3) is 0.375. The molecule has 60 valence electrons. The van der Waals surface area contributed by atoms with Crippen LogP contribution in [0.1, 0.15) is 5.69 Å². The minimum atomic E-state index is 0.474. The maximum absolute atomic E-state index is 5.62.